The van der Waals surface area contributed by atoms with Crippen molar-refractivity contribution in [2.45, 2.75) is 0 Å². The quantitative estimate of drug-likeness (QED) is 0.813. The lowest BCUT2D eigenvalue weighted by molar-refractivity contribution is 0.333. The lowest BCUT2D eigenvalue weighted by Crippen LogP contribution is -2.11. The van der Waals surface area contributed by atoms with Gasteiger partial charge in [-0.1, -0.05) is 23.2 Å². The van der Waals surface area contributed by atoms with Crippen LogP contribution in [0.5, 0.6) is 5.75 Å². The van der Waals surface area contributed by atoms with Gasteiger partial charge in [0.05, 0.1) is 10.0 Å². The van der Waals surface area contributed by atoms with Gasteiger partial charge in [-0.3, -0.25) is 0 Å². The Balaban J connectivity index is 1.77. The molecule has 0 aliphatic carbocycles. The minimum Gasteiger partial charge on any atom is -0.492 e. The Morgan fingerprint density at radius 2 is 1.74 bits per heavy atom. The summed E-state index contributed by atoms with van der Waals surface area (Å²) in [5.74, 6) is 0.410. The first-order valence-electron chi connectivity index (χ1n) is 5.72. The van der Waals surface area contributed by atoms with E-state index in [1.54, 1.807) is 30.3 Å². The lowest BCUT2D eigenvalue weighted by atomic mass is 10.3. The molecule has 1 N–H and O–H groups in total. The van der Waals surface area contributed by atoms with Gasteiger partial charge in [0.2, 0.25) is 0 Å². The maximum Gasteiger partial charge on any atom is 0.123 e. The summed E-state index contributed by atoms with van der Waals surface area (Å²) in [6.07, 6.45) is 0. The van der Waals surface area contributed by atoms with E-state index in [1.165, 1.54) is 12.1 Å². The van der Waals surface area contributed by atoms with E-state index in [9.17, 15) is 4.39 Å². The molecular formula is C14H12Cl2FNO. The zero-order chi connectivity index (χ0) is 13.7. The topological polar surface area (TPSA) is 21.3 Å². The predicted octanol–water partition coefficient (Wildman–Crippen LogP) is 4.62. The molecule has 0 heterocycles. The summed E-state index contributed by atoms with van der Waals surface area (Å²) < 4.78 is 18.2. The fourth-order valence-electron chi connectivity index (χ4n) is 1.50. The molecule has 0 bridgehead atoms. The zero-order valence-electron chi connectivity index (χ0n) is 10.00. The second-order valence-corrected chi connectivity index (χ2v) is 4.67. The number of hydrogen-bond acceptors (Lipinski definition) is 2. The van der Waals surface area contributed by atoms with E-state index in [-0.39, 0.29) is 5.82 Å². The average Bonchev–Trinajstić information content (AvgIpc) is 2.41. The summed E-state index contributed by atoms with van der Waals surface area (Å²) in [5.41, 5.74) is 0.846. The van der Waals surface area contributed by atoms with Gasteiger partial charge in [0.25, 0.3) is 0 Å². The van der Waals surface area contributed by atoms with Gasteiger partial charge in [-0.05, 0) is 36.4 Å². The molecule has 2 nitrogen and oxygen atoms in total. The van der Waals surface area contributed by atoms with Crippen LogP contribution in [-0.2, 0) is 0 Å². The van der Waals surface area contributed by atoms with Crippen molar-refractivity contribution in [3.8, 4) is 5.75 Å². The van der Waals surface area contributed by atoms with Crippen LogP contribution >= 0.6 is 23.2 Å². The van der Waals surface area contributed by atoms with Crippen LogP contribution in [0.1, 0.15) is 0 Å². The Labute approximate surface area is 121 Å². The van der Waals surface area contributed by atoms with Crippen LogP contribution in [0.3, 0.4) is 0 Å². The summed E-state index contributed by atoms with van der Waals surface area (Å²) in [6, 6.07) is 11.3. The highest BCUT2D eigenvalue weighted by Crippen LogP contribution is 2.26. The summed E-state index contributed by atoms with van der Waals surface area (Å²) in [4.78, 5) is 0. The third kappa shape index (κ3) is 4.30. The molecule has 0 atom stereocenters. The van der Waals surface area contributed by atoms with E-state index in [4.69, 9.17) is 27.9 Å². The Morgan fingerprint density at radius 3 is 2.42 bits per heavy atom. The molecule has 0 spiro atoms. The fraction of sp³-hybridized carbons (Fsp3) is 0.143. The summed E-state index contributed by atoms with van der Waals surface area (Å²) >= 11 is 11.7. The lowest BCUT2D eigenvalue weighted by Gasteiger charge is -2.09. The van der Waals surface area contributed by atoms with Crippen molar-refractivity contribution in [2.75, 3.05) is 18.5 Å². The molecule has 2 aromatic carbocycles. The van der Waals surface area contributed by atoms with Crippen molar-refractivity contribution in [2.24, 2.45) is 0 Å². The monoisotopic (exact) mass is 299 g/mol. The van der Waals surface area contributed by atoms with Gasteiger partial charge in [-0.2, -0.15) is 0 Å². The molecule has 0 aliphatic heterocycles. The highest BCUT2D eigenvalue weighted by Gasteiger charge is 2.00. The van der Waals surface area contributed by atoms with Crippen LogP contribution in [0, 0.1) is 5.82 Å². The smallest absolute Gasteiger partial charge is 0.123 e. The van der Waals surface area contributed by atoms with E-state index >= 15 is 0 Å². The average molecular weight is 300 g/mol. The van der Waals surface area contributed by atoms with Crippen molar-refractivity contribution < 1.29 is 9.13 Å². The number of hydrogen-bond donors (Lipinski definition) is 1. The number of benzene rings is 2. The first-order valence-corrected chi connectivity index (χ1v) is 6.48. The van der Waals surface area contributed by atoms with Gasteiger partial charge < -0.3 is 10.1 Å². The number of rotatable bonds is 5. The summed E-state index contributed by atoms with van der Waals surface area (Å²) in [7, 11) is 0. The van der Waals surface area contributed by atoms with Crippen molar-refractivity contribution >= 4 is 28.9 Å². The maximum absolute atomic E-state index is 12.7. The van der Waals surface area contributed by atoms with Crippen LogP contribution < -0.4 is 10.1 Å². The standard InChI is InChI=1S/C14H12Cl2FNO/c15-13-6-5-12(9-14(13)16)19-8-7-18-11-3-1-10(17)2-4-11/h1-6,9,18H,7-8H2. The van der Waals surface area contributed by atoms with Crippen LogP contribution in [0.2, 0.25) is 10.0 Å². The Hall–Kier alpha value is -1.45. The Bertz CT molecular complexity index is 546. The molecule has 100 valence electrons. The van der Waals surface area contributed by atoms with Gasteiger partial charge in [-0.15, -0.1) is 0 Å². The van der Waals surface area contributed by atoms with Crippen molar-refractivity contribution in [1.29, 1.82) is 0 Å². The van der Waals surface area contributed by atoms with Crippen molar-refractivity contribution in [1.82, 2.24) is 0 Å². The SMILES string of the molecule is Fc1ccc(NCCOc2ccc(Cl)c(Cl)c2)cc1. The van der Waals surface area contributed by atoms with E-state index in [1.807, 2.05) is 0 Å². The second-order valence-electron chi connectivity index (χ2n) is 3.86. The predicted molar refractivity (Wildman–Crippen MR) is 76.8 cm³/mol. The molecule has 0 aromatic heterocycles. The molecule has 0 radical (unpaired) electrons. The molecule has 2 rings (SSSR count). The Morgan fingerprint density at radius 1 is 1.00 bits per heavy atom. The molecule has 0 aliphatic rings. The van der Waals surface area contributed by atoms with E-state index in [2.05, 4.69) is 5.32 Å². The van der Waals surface area contributed by atoms with E-state index in [0.717, 1.165) is 5.69 Å². The van der Waals surface area contributed by atoms with Gasteiger partial charge in [-0.25, -0.2) is 4.39 Å². The third-order valence-corrected chi connectivity index (χ3v) is 3.17. The van der Waals surface area contributed by atoms with Gasteiger partial charge in [0.15, 0.2) is 0 Å². The largest absolute Gasteiger partial charge is 0.492 e. The minimum absolute atomic E-state index is 0.252. The van der Waals surface area contributed by atoms with Gasteiger partial charge >= 0.3 is 0 Å². The van der Waals surface area contributed by atoms with Crippen LogP contribution in [0.15, 0.2) is 42.5 Å². The molecule has 0 amide bonds. The molecule has 0 saturated heterocycles. The Kier molecular flexibility index (Phi) is 4.88. The summed E-state index contributed by atoms with van der Waals surface area (Å²) in [6.45, 7) is 1.07. The minimum atomic E-state index is -0.252. The molecule has 5 heteroatoms. The summed E-state index contributed by atoms with van der Waals surface area (Å²) in [5, 5.41) is 4.08. The number of nitrogens with one attached hydrogen (secondary N) is 1. The third-order valence-electron chi connectivity index (χ3n) is 2.44. The van der Waals surface area contributed by atoms with Crippen molar-refractivity contribution in [3.05, 3.63) is 58.3 Å². The van der Waals surface area contributed by atoms with Crippen molar-refractivity contribution in [3.63, 3.8) is 0 Å². The zero-order valence-corrected chi connectivity index (χ0v) is 11.5. The van der Waals surface area contributed by atoms with E-state index < -0.39 is 0 Å². The number of ether oxygens (including phenoxy) is 1. The van der Waals surface area contributed by atoms with Crippen LogP contribution in [0.25, 0.3) is 0 Å². The highest BCUT2D eigenvalue weighted by atomic mass is 35.5. The molecule has 2 aromatic rings. The maximum atomic E-state index is 12.7. The number of halogens is 3. The van der Waals surface area contributed by atoms with Gasteiger partial charge in [0.1, 0.15) is 18.2 Å². The fourth-order valence-corrected chi connectivity index (χ4v) is 1.79. The normalized spacial score (nSPS) is 10.3. The second kappa shape index (κ2) is 6.64. The van der Waals surface area contributed by atoms with Gasteiger partial charge in [0, 0.05) is 18.3 Å². The molecule has 0 fully saturated rings. The number of anilines is 1. The molecular weight excluding hydrogens is 288 g/mol. The van der Waals surface area contributed by atoms with E-state index in [0.29, 0.717) is 28.9 Å². The van der Waals surface area contributed by atoms with Crippen LogP contribution in [-0.4, -0.2) is 13.2 Å². The first kappa shape index (κ1) is 14.0. The first-order chi connectivity index (χ1) is 9.15. The van der Waals surface area contributed by atoms with Crippen LogP contribution in [0.4, 0.5) is 10.1 Å². The highest BCUT2D eigenvalue weighted by molar-refractivity contribution is 6.42. The molecule has 0 saturated carbocycles. The molecule has 0 unspecified atom stereocenters. The molecule has 19 heavy (non-hydrogen) atoms.